The summed E-state index contributed by atoms with van der Waals surface area (Å²) in [4.78, 5) is 11.3. The predicted octanol–water partition coefficient (Wildman–Crippen LogP) is 1.74. The molecule has 0 aliphatic carbocycles. The standard InChI is InChI=1S/C12H15NO3/c1-9(13)8-11(14)16-12(15-2)10-6-4-3-5-7-10/h3-8,12H,13H2,1-2H3/b9-8-. The molecule has 0 aliphatic rings. The van der Waals surface area contributed by atoms with Crippen molar-refractivity contribution in [1.29, 1.82) is 0 Å². The lowest BCUT2D eigenvalue weighted by atomic mass is 10.2. The molecular weight excluding hydrogens is 206 g/mol. The summed E-state index contributed by atoms with van der Waals surface area (Å²) in [5, 5.41) is 0. The third kappa shape index (κ3) is 3.74. The van der Waals surface area contributed by atoms with Crippen LogP contribution in [-0.4, -0.2) is 13.1 Å². The first-order chi connectivity index (χ1) is 7.63. The SMILES string of the molecule is COC(OC(=O)/C=C(/C)N)c1ccccc1. The maximum absolute atomic E-state index is 11.3. The highest BCUT2D eigenvalue weighted by Gasteiger charge is 2.13. The third-order valence-electron chi connectivity index (χ3n) is 1.85. The second-order valence-corrected chi connectivity index (χ2v) is 3.30. The zero-order valence-corrected chi connectivity index (χ0v) is 9.34. The molecule has 1 aromatic carbocycles. The van der Waals surface area contributed by atoms with Crippen LogP contribution in [-0.2, 0) is 14.3 Å². The number of ether oxygens (including phenoxy) is 2. The van der Waals surface area contributed by atoms with Crippen molar-refractivity contribution in [3.8, 4) is 0 Å². The third-order valence-corrected chi connectivity index (χ3v) is 1.85. The number of allylic oxidation sites excluding steroid dienone is 1. The highest BCUT2D eigenvalue weighted by Crippen LogP contribution is 2.17. The molecule has 0 saturated carbocycles. The summed E-state index contributed by atoms with van der Waals surface area (Å²) >= 11 is 0. The van der Waals surface area contributed by atoms with E-state index in [1.54, 1.807) is 6.92 Å². The molecule has 1 aromatic rings. The van der Waals surface area contributed by atoms with Crippen LogP contribution in [0.2, 0.25) is 0 Å². The van der Waals surface area contributed by atoms with E-state index in [1.165, 1.54) is 13.2 Å². The van der Waals surface area contributed by atoms with Crippen LogP contribution in [0.3, 0.4) is 0 Å². The maximum atomic E-state index is 11.3. The molecule has 4 nitrogen and oxygen atoms in total. The lowest BCUT2D eigenvalue weighted by Crippen LogP contribution is -2.12. The van der Waals surface area contributed by atoms with Crippen LogP contribution in [0.1, 0.15) is 18.8 Å². The van der Waals surface area contributed by atoms with Crippen LogP contribution in [0.4, 0.5) is 0 Å². The molecule has 0 bridgehead atoms. The summed E-state index contributed by atoms with van der Waals surface area (Å²) in [7, 11) is 1.48. The Balaban J connectivity index is 2.70. The van der Waals surface area contributed by atoms with E-state index in [9.17, 15) is 4.79 Å². The molecule has 0 radical (unpaired) electrons. The first kappa shape index (κ1) is 12.3. The Hall–Kier alpha value is -1.81. The number of carbonyl (C=O) groups excluding carboxylic acids is 1. The van der Waals surface area contributed by atoms with Crippen LogP contribution < -0.4 is 5.73 Å². The molecule has 0 aromatic heterocycles. The molecule has 1 unspecified atom stereocenters. The number of hydrogen-bond acceptors (Lipinski definition) is 4. The zero-order chi connectivity index (χ0) is 12.0. The van der Waals surface area contributed by atoms with Crippen LogP contribution >= 0.6 is 0 Å². The van der Waals surface area contributed by atoms with Crippen molar-refractivity contribution in [3.63, 3.8) is 0 Å². The second-order valence-electron chi connectivity index (χ2n) is 3.30. The Labute approximate surface area is 94.7 Å². The van der Waals surface area contributed by atoms with Crippen molar-refractivity contribution in [2.75, 3.05) is 7.11 Å². The molecule has 4 heteroatoms. The van der Waals surface area contributed by atoms with Gasteiger partial charge in [-0.2, -0.15) is 0 Å². The number of carbonyl (C=O) groups is 1. The zero-order valence-electron chi connectivity index (χ0n) is 9.34. The number of benzene rings is 1. The minimum atomic E-state index is -0.704. The quantitative estimate of drug-likeness (QED) is 0.478. The molecule has 0 aliphatic heterocycles. The van der Waals surface area contributed by atoms with Crippen molar-refractivity contribution in [2.45, 2.75) is 13.2 Å². The van der Waals surface area contributed by atoms with Gasteiger partial charge in [-0.25, -0.2) is 4.79 Å². The molecule has 1 rings (SSSR count). The monoisotopic (exact) mass is 221 g/mol. The average molecular weight is 221 g/mol. The molecular formula is C12H15NO3. The number of methoxy groups -OCH3 is 1. The molecule has 1 atom stereocenters. The highest BCUT2D eigenvalue weighted by atomic mass is 16.7. The number of hydrogen-bond donors (Lipinski definition) is 1. The van der Waals surface area contributed by atoms with Crippen LogP contribution in [0.15, 0.2) is 42.1 Å². The predicted molar refractivity (Wildman–Crippen MR) is 60.2 cm³/mol. The van der Waals surface area contributed by atoms with Crippen LogP contribution in [0, 0.1) is 0 Å². The molecule has 0 saturated heterocycles. The van der Waals surface area contributed by atoms with Gasteiger partial charge in [-0.05, 0) is 6.92 Å². The lowest BCUT2D eigenvalue weighted by Gasteiger charge is -2.15. The van der Waals surface area contributed by atoms with Gasteiger partial charge in [0.25, 0.3) is 0 Å². The van der Waals surface area contributed by atoms with Crippen molar-refractivity contribution < 1.29 is 14.3 Å². The van der Waals surface area contributed by atoms with Crippen molar-refractivity contribution in [3.05, 3.63) is 47.7 Å². The summed E-state index contributed by atoms with van der Waals surface area (Å²) < 4.78 is 10.2. The minimum absolute atomic E-state index is 0.396. The Morgan fingerprint density at radius 1 is 1.38 bits per heavy atom. The van der Waals surface area contributed by atoms with E-state index < -0.39 is 12.3 Å². The van der Waals surface area contributed by atoms with Gasteiger partial charge < -0.3 is 15.2 Å². The average Bonchev–Trinajstić information content (AvgIpc) is 2.26. The lowest BCUT2D eigenvalue weighted by molar-refractivity contribution is -0.169. The molecule has 86 valence electrons. The summed E-state index contributed by atoms with van der Waals surface area (Å²) in [5.74, 6) is -0.518. The normalized spacial score (nSPS) is 13.2. The van der Waals surface area contributed by atoms with Crippen LogP contribution in [0.25, 0.3) is 0 Å². The summed E-state index contributed by atoms with van der Waals surface area (Å²) in [6.45, 7) is 1.62. The molecule has 0 fully saturated rings. The molecule has 0 amide bonds. The largest absolute Gasteiger partial charge is 0.428 e. The van der Waals surface area contributed by atoms with E-state index in [1.807, 2.05) is 30.3 Å². The van der Waals surface area contributed by atoms with Gasteiger partial charge in [0.1, 0.15) is 0 Å². The Morgan fingerprint density at radius 3 is 2.50 bits per heavy atom. The van der Waals surface area contributed by atoms with Gasteiger partial charge in [0.2, 0.25) is 6.29 Å². The first-order valence-corrected chi connectivity index (χ1v) is 4.85. The van der Waals surface area contributed by atoms with Crippen molar-refractivity contribution in [2.24, 2.45) is 5.73 Å². The van der Waals surface area contributed by atoms with Crippen molar-refractivity contribution in [1.82, 2.24) is 0 Å². The summed E-state index contributed by atoms with van der Waals surface area (Å²) in [6.07, 6.45) is 0.513. The van der Waals surface area contributed by atoms with Gasteiger partial charge in [-0.3, -0.25) is 0 Å². The number of esters is 1. The molecule has 0 heterocycles. The number of nitrogens with two attached hydrogens (primary N) is 1. The van der Waals surface area contributed by atoms with E-state index in [0.717, 1.165) is 5.56 Å². The van der Waals surface area contributed by atoms with E-state index in [4.69, 9.17) is 15.2 Å². The van der Waals surface area contributed by atoms with Gasteiger partial charge in [0.05, 0.1) is 0 Å². The first-order valence-electron chi connectivity index (χ1n) is 4.85. The number of rotatable bonds is 4. The second kappa shape index (κ2) is 5.92. The van der Waals surface area contributed by atoms with Crippen LogP contribution in [0.5, 0.6) is 0 Å². The fourth-order valence-electron chi connectivity index (χ4n) is 1.19. The van der Waals surface area contributed by atoms with Crippen molar-refractivity contribution >= 4 is 5.97 Å². The molecule has 2 N–H and O–H groups in total. The summed E-state index contributed by atoms with van der Waals surface area (Å²) in [5.41, 5.74) is 6.54. The summed E-state index contributed by atoms with van der Waals surface area (Å²) in [6, 6.07) is 9.21. The van der Waals surface area contributed by atoms with Gasteiger partial charge in [-0.1, -0.05) is 30.3 Å². The maximum Gasteiger partial charge on any atom is 0.335 e. The van der Waals surface area contributed by atoms with E-state index in [-0.39, 0.29) is 0 Å². The minimum Gasteiger partial charge on any atom is -0.428 e. The van der Waals surface area contributed by atoms with Gasteiger partial charge >= 0.3 is 5.97 Å². The van der Waals surface area contributed by atoms with Gasteiger partial charge in [0.15, 0.2) is 0 Å². The van der Waals surface area contributed by atoms with Gasteiger partial charge in [-0.15, -0.1) is 0 Å². The fourth-order valence-corrected chi connectivity index (χ4v) is 1.19. The van der Waals surface area contributed by atoms with E-state index in [0.29, 0.717) is 5.70 Å². The Kier molecular flexibility index (Phi) is 4.54. The molecule has 0 spiro atoms. The Morgan fingerprint density at radius 2 is 2.00 bits per heavy atom. The van der Waals surface area contributed by atoms with E-state index in [2.05, 4.69) is 0 Å². The smallest absolute Gasteiger partial charge is 0.335 e. The van der Waals surface area contributed by atoms with Gasteiger partial charge in [0, 0.05) is 24.4 Å². The highest BCUT2D eigenvalue weighted by molar-refractivity contribution is 5.82. The molecule has 16 heavy (non-hydrogen) atoms. The fraction of sp³-hybridized carbons (Fsp3) is 0.250. The topological polar surface area (TPSA) is 61.5 Å². The Bertz CT molecular complexity index is 369. The van der Waals surface area contributed by atoms with E-state index >= 15 is 0 Å².